The zero-order valence-corrected chi connectivity index (χ0v) is 13.5. The molecule has 0 atom stereocenters. The monoisotopic (exact) mass is 414 g/mol. The number of aromatic hydroxyl groups is 1. The topological polar surface area (TPSA) is 92.5 Å². The highest BCUT2D eigenvalue weighted by atomic mass is 79.9. The van der Waals surface area contributed by atoms with Gasteiger partial charge in [-0.3, -0.25) is 14.9 Å². The molecule has 0 radical (unpaired) electrons. The number of amides is 1. The first-order valence-electron chi connectivity index (χ1n) is 5.63. The van der Waals surface area contributed by atoms with E-state index in [1.807, 2.05) is 0 Å². The van der Waals surface area contributed by atoms with Gasteiger partial charge in [0.05, 0.1) is 10.6 Å². The van der Waals surface area contributed by atoms with Gasteiger partial charge in [-0.2, -0.15) is 0 Å². The summed E-state index contributed by atoms with van der Waals surface area (Å²) in [5.41, 5.74) is 0.190. The lowest BCUT2D eigenvalue weighted by atomic mass is 10.1. The van der Waals surface area contributed by atoms with Gasteiger partial charge >= 0.3 is 5.69 Å². The zero-order valence-electron chi connectivity index (χ0n) is 10.3. The number of phenolic OH excluding ortho intramolecular Hbond substituents is 1. The summed E-state index contributed by atoms with van der Waals surface area (Å²) in [5.74, 6) is -1.05. The van der Waals surface area contributed by atoms with E-state index >= 15 is 0 Å². The van der Waals surface area contributed by atoms with Crippen molar-refractivity contribution in [2.45, 2.75) is 0 Å². The SMILES string of the molecule is O=C(Nc1c(Br)cccc1Br)c1ccc([N+](=O)[O-])c(O)c1. The van der Waals surface area contributed by atoms with Crippen LogP contribution in [0.5, 0.6) is 5.75 Å². The second-order valence-electron chi connectivity index (χ2n) is 4.01. The molecule has 1 amide bonds. The Kier molecular flexibility index (Phi) is 4.59. The average Bonchev–Trinajstić information content (AvgIpc) is 2.42. The molecule has 8 heteroatoms. The number of phenols is 1. The van der Waals surface area contributed by atoms with E-state index in [2.05, 4.69) is 37.2 Å². The van der Waals surface area contributed by atoms with Crippen LogP contribution in [0.4, 0.5) is 11.4 Å². The van der Waals surface area contributed by atoms with E-state index in [1.54, 1.807) is 18.2 Å². The molecule has 0 aliphatic carbocycles. The fourth-order valence-electron chi connectivity index (χ4n) is 1.62. The lowest BCUT2D eigenvalue weighted by Gasteiger charge is -2.09. The molecule has 2 rings (SSSR count). The maximum absolute atomic E-state index is 12.1. The van der Waals surface area contributed by atoms with E-state index in [9.17, 15) is 20.0 Å². The van der Waals surface area contributed by atoms with Crippen LogP contribution < -0.4 is 5.32 Å². The summed E-state index contributed by atoms with van der Waals surface area (Å²) in [6, 6.07) is 8.72. The molecule has 0 spiro atoms. The van der Waals surface area contributed by atoms with Crippen LogP contribution in [0.15, 0.2) is 45.3 Å². The molecule has 0 heterocycles. The van der Waals surface area contributed by atoms with Gasteiger partial charge in [0.2, 0.25) is 0 Å². The van der Waals surface area contributed by atoms with E-state index in [4.69, 9.17) is 0 Å². The van der Waals surface area contributed by atoms with Crippen molar-refractivity contribution in [2.24, 2.45) is 0 Å². The summed E-state index contributed by atoms with van der Waals surface area (Å²) in [6.45, 7) is 0. The summed E-state index contributed by atoms with van der Waals surface area (Å²) < 4.78 is 1.35. The normalized spacial score (nSPS) is 10.2. The number of carbonyl (C=O) groups is 1. The highest BCUT2D eigenvalue weighted by molar-refractivity contribution is 9.11. The van der Waals surface area contributed by atoms with E-state index in [0.717, 1.165) is 12.1 Å². The molecular formula is C13H8Br2N2O4. The summed E-state index contributed by atoms with van der Waals surface area (Å²) in [5, 5.41) is 22.8. The first kappa shape index (κ1) is 15.5. The molecule has 0 aliphatic rings. The van der Waals surface area contributed by atoms with Crippen LogP contribution in [-0.2, 0) is 0 Å². The minimum atomic E-state index is -0.721. The second kappa shape index (κ2) is 6.23. The van der Waals surface area contributed by atoms with Crippen LogP contribution in [-0.4, -0.2) is 15.9 Å². The number of hydrogen-bond acceptors (Lipinski definition) is 4. The number of para-hydroxylation sites is 1. The molecule has 2 N–H and O–H groups in total. The summed E-state index contributed by atoms with van der Waals surface area (Å²) >= 11 is 6.62. The van der Waals surface area contributed by atoms with Gasteiger partial charge in [0.25, 0.3) is 5.91 Å². The highest BCUT2D eigenvalue weighted by Gasteiger charge is 2.17. The zero-order chi connectivity index (χ0) is 15.6. The predicted octanol–water partition coefficient (Wildman–Crippen LogP) is 4.08. The number of nitrogens with one attached hydrogen (secondary N) is 1. The molecule has 6 nitrogen and oxygen atoms in total. The first-order valence-corrected chi connectivity index (χ1v) is 7.21. The Morgan fingerprint density at radius 1 is 1.19 bits per heavy atom. The fourth-order valence-corrected chi connectivity index (χ4v) is 2.82. The highest BCUT2D eigenvalue weighted by Crippen LogP contribution is 2.32. The van der Waals surface area contributed by atoms with E-state index < -0.39 is 22.3 Å². The van der Waals surface area contributed by atoms with Crippen molar-refractivity contribution in [3.63, 3.8) is 0 Å². The number of nitro benzene ring substituents is 1. The Balaban J connectivity index is 2.29. The van der Waals surface area contributed by atoms with Crippen LogP contribution in [0.2, 0.25) is 0 Å². The standard InChI is InChI=1S/C13H8Br2N2O4/c14-8-2-1-3-9(15)12(8)16-13(19)7-4-5-10(17(20)21)11(18)6-7/h1-6,18H,(H,16,19). The van der Waals surface area contributed by atoms with Crippen molar-refractivity contribution < 1.29 is 14.8 Å². The summed E-state index contributed by atoms with van der Waals surface area (Å²) in [4.78, 5) is 22.0. The number of rotatable bonds is 3. The third-order valence-corrected chi connectivity index (χ3v) is 3.96. The number of hydrogen-bond donors (Lipinski definition) is 2. The molecule has 2 aromatic rings. The molecule has 0 aliphatic heterocycles. The van der Waals surface area contributed by atoms with Gasteiger partial charge in [0, 0.05) is 20.6 Å². The number of halogens is 2. The third-order valence-electron chi connectivity index (χ3n) is 2.64. The number of nitro groups is 1. The van der Waals surface area contributed by atoms with Crippen LogP contribution in [0.25, 0.3) is 0 Å². The number of nitrogens with zero attached hydrogens (tertiary/aromatic N) is 1. The maximum atomic E-state index is 12.1. The minimum absolute atomic E-state index is 0.112. The molecule has 108 valence electrons. The molecule has 0 aromatic heterocycles. The lowest BCUT2D eigenvalue weighted by molar-refractivity contribution is -0.385. The lowest BCUT2D eigenvalue weighted by Crippen LogP contribution is -2.12. The van der Waals surface area contributed by atoms with Crippen molar-refractivity contribution in [3.8, 4) is 5.75 Å². The van der Waals surface area contributed by atoms with E-state index in [-0.39, 0.29) is 5.56 Å². The van der Waals surface area contributed by atoms with Gasteiger partial charge < -0.3 is 10.4 Å². The summed E-state index contributed by atoms with van der Waals surface area (Å²) in [6.07, 6.45) is 0. The van der Waals surface area contributed by atoms with Gasteiger partial charge in [0.1, 0.15) is 0 Å². The maximum Gasteiger partial charge on any atom is 0.310 e. The van der Waals surface area contributed by atoms with Crippen molar-refractivity contribution >= 4 is 49.1 Å². The van der Waals surface area contributed by atoms with Gasteiger partial charge in [0.15, 0.2) is 5.75 Å². The number of anilines is 1. The van der Waals surface area contributed by atoms with Crippen LogP contribution in [0.1, 0.15) is 10.4 Å². The Morgan fingerprint density at radius 3 is 2.33 bits per heavy atom. The summed E-state index contributed by atoms with van der Waals surface area (Å²) in [7, 11) is 0. The predicted molar refractivity (Wildman–Crippen MR) is 84.6 cm³/mol. The largest absolute Gasteiger partial charge is 0.502 e. The van der Waals surface area contributed by atoms with Gasteiger partial charge in [-0.05, 0) is 56.1 Å². The Hall–Kier alpha value is -1.93. The molecule has 0 saturated heterocycles. The Bertz CT molecular complexity index is 714. The second-order valence-corrected chi connectivity index (χ2v) is 5.72. The molecule has 0 unspecified atom stereocenters. The fraction of sp³-hybridized carbons (Fsp3) is 0. The Labute approximate surface area is 136 Å². The van der Waals surface area contributed by atoms with Gasteiger partial charge in [-0.15, -0.1) is 0 Å². The van der Waals surface area contributed by atoms with Crippen molar-refractivity contribution in [1.29, 1.82) is 0 Å². The van der Waals surface area contributed by atoms with Crippen molar-refractivity contribution in [1.82, 2.24) is 0 Å². The Morgan fingerprint density at radius 2 is 1.81 bits per heavy atom. The average molecular weight is 416 g/mol. The van der Waals surface area contributed by atoms with Gasteiger partial charge in [-0.25, -0.2) is 0 Å². The van der Waals surface area contributed by atoms with Crippen LogP contribution >= 0.6 is 31.9 Å². The number of benzene rings is 2. The molecule has 0 saturated carbocycles. The number of carbonyl (C=O) groups excluding carboxylic acids is 1. The first-order chi connectivity index (χ1) is 9.90. The molecule has 0 bridgehead atoms. The van der Waals surface area contributed by atoms with E-state index in [0.29, 0.717) is 14.6 Å². The van der Waals surface area contributed by atoms with Crippen molar-refractivity contribution in [3.05, 3.63) is 61.0 Å². The quantitative estimate of drug-likeness (QED) is 0.583. The van der Waals surface area contributed by atoms with Crippen LogP contribution in [0, 0.1) is 10.1 Å². The molecule has 0 fully saturated rings. The van der Waals surface area contributed by atoms with Crippen molar-refractivity contribution in [2.75, 3.05) is 5.32 Å². The van der Waals surface area contributed by atoms with Gasteiger partial charge in [-0.1, -0.05) is 6.07 Å². The van der Waals surface area contributed by atoms with Crippen LogP contribution in [0.3, 0.4) is 0 Å². The molecule has 21 heavy (non-hydrogen) atoms. The molecule has 2 aromatic carbocycles. The minimum Gasteiger partial charge on any atom is -0.502 e. The van der Waals surface area contributed by atoms with E-state index in [1.165, 1.54) is 6.07 Å². The molecular weight excluding hydrogens is 408 g/mol. The smallest absolute Gasteiger partial charge is 0.310 e. The third kappa shape index (κ3) is 3.40.